The van der Waals surface area contributed by atoms with Crippen LogP contribution in [-0.2, 0) is 0 Å². The summed E-state index contributed by atoms with van der Waals surface area (Å²) in [5, 5.41) is 4.98. The smallest absolute Gasteiger partial charge is 0.0407 e. The molecule has 4 heteroatoms. The molecule has 0 radical (unpaired) electrons. The van der Waals surface area contributed by atoms with E-state index in [9.17, 15) is 0 Å². The highest BCUT2D eigenvalue weighted by molar-refractivity contribution is 8.00. The van der Waals surface area contributed by atoms with Crippen molar-refractivity contribution in [1.29, 1.82) is 0 Å². The summed E-state index contributed by atoms with van der Waals surface area (Å²) in [6, 6.07) is 8.58. The van der Waals surface area contributed by atoms with Gasteiger partial charge in [-0.2, -0.15) is 11.8 Å². The first-order chi connectivity index (χ1) is 8.66. The van der Waals surface area contributed by atoms with Gasteiger partial charge in [0.25, 0.3) is 0 Å². The molecule has 1 fully saturated rings. The monoisotopic (exact) mass is 284 g/mol. The summed E-state index contributed by atoms with van der Waals surface area (Å²) in [6.07, 6.45) is 0. The second kappa shape index (κ2) is 6.69. The van der Waals surface area contributed by atoms with Crippen molar-refractivity contribution in [2.75, 3.05) is 30.7 Å². The maximum atomic E-state index is 5.86. The van der Waals surface area contributed by atoms with Crippen molar-refractivity contribution < 1.29 is 0 Å². The zero-order chi connectivity index (χ0) is 13.0. The van der Waals surface area contributed by atoms with Gasteiger partial charge in [0.2, 0.25) is 0 Å². The fourth-order valence-corrected chi connectivity index (χ4v) is 3.51. The van der Waals surface area contributed by atoms with Crippen LogP contribution in [0.3, 0.4) is 0 Å². The Labute approximate surface area is 119 Å². The Bertz CT molecular complexity index is 369. The molecule has 18 heavy (non-hydrogen) atoms. The van der Waals surface area contributed by atoms with Gasteiger partial charge in [-0.3, -0.25) is 4.90 Å². The minimum Gasteiger partial charge on any atom is -0.384 e. The van der Waals surface area contributed by atoms with Gasteiger partial charge in [0.05, 0.1) is 0 Å². The van der Waals surface area contributed by atoms with Crippen molar-refractivity contribution in [1.82, 2.24) is 4.90 Å². The zero-order valence-electron chi connectivity index (χ0n) is 11.0. The summed E-state index contributed by atoms with van der Waals surface area (Å²) in [5.74, 6) is 1.26. The average molecular weight is 285 g/mol. The maximum Gasteiger partial charge on any atom is 0.0407 e. The maximum absolute atomic E-state index is 5.86. The Morgan fingerprint density at radius 3 is 2.78 bits per heavy atom. The van der Waals surface area contributed by atoms with Gasteiger partial charge in [-0.1, -0.05) is 18.5 Å². The average Bonchev–Trinajstić information content (AvgIpc) is 2.37. The summed E-state index contributed by atoms with van der Waals surface area (Å²) in [4.78, 5) is 2.57. The minimum absolute atomic E-state index is 0.677. The zero-order valence-corrected chi connectivity index (χ0v) is 12.6. The number of thioether (sulfide) groups is 1. The van der Waals surface area contributed by atoms with Gasteiger partial charge in [0, 0.05) is 47.4 Å². The van der Waals surface area contributed by atoms with E-state index < -0.39 is 0 Å². The van der Waals surface area contributed by atoms with E-state index in [0.29, 0.717) is 6.04 Å². The molecule has 0 saturated carbocycles. The van der Waals surface area contributed by atoms with Gasteiger partial charge >= 0.3 is 0 Å². The number of rotatable bonds is 4. The van der Waals surface area contributed by atoms with E-state index in [1.165, 1.54) is 12.3 Å². The Balaban J connectivity index is 1.76. The van der Waals surface area contributed by atoms with Crippen LogP contribution in [-0.4, -0.2) is 41.6 Å². The third-order valence-electron chi connectivity index (χ3n) is 3.59. The summed E-state index contributed by atoms with van der Waals surface area (Å²) in [5.41, 5.74) is 1.14. The van der Waals surface area contributed by atoms with E-state index in [1.54, 1.807) is 0 Å². The highest BCUT2D eigenvalue weighted by atomic mass is 35.5. The third kappa shape index (κ3) is 3.81. The highest BCUT2D eigenvalue weighted by Crippen LogP contribution is 2.23. The molecule has 2 rings (SSSR count). The largest absolute Gasteiger partial charge is 0.384 e. The number of hydrogen-bond acceptors (Lipinski definition) is 3. The predicted molar refractivity (Wildman–Crippen MR) is 82.9 cm³/mol. The first kappa shape index (κ1) is 14.0. The molecule has 2 nitrogen and oxygen atoms in total. The quantitative estimate of drug-likeness (QED) is 0.910. The molecule has 0 spiro atoms. The van der Waals surface area contributed by atoms with E-state index in [4.69, 9.17) is 11.6 Å². The molecule has 1 heterocycles. The lowest BCUT2D eigenvalue weighted by Gasteiger charge is -2.37. The molecule has 1 aliphatic heterocycles. The summed E-state index contributed by atoms with van der Waals surface area (Å²) < 4.78 is 0. The Hall–Kier alpha value is -0.380. The van der Waals surface area contributed by atoms with Crippen LogP contribution in [0.25, 0.3) is 0 Å². The van der Waals surface area contributed by atoms with Gasteiger partial charge in [-0.15, -0.1) is 0 Å². The highest BCUT2D eigenvalue weighted by Gasteiger charge is 2.24. The Morgan fingerprint density at radius 1 is 1.33 bits per heavy atom. The fourth-order valence-electron chi connectivity index (χ4n) is 2.22. The van der Waals surface area contributed by atoms with E-state index in [0.717, 1.165) is 29.0 Å². The molecule has 1 saturated heterocycles. The van der Waals surface area contributed by atoms with E-state index >= 15 is 0 Å². The van der Waals surface area contributed by atoms with Crippen molar-refractivity contribution in [2.45, 2.75) is 25.1 Å². The number of nitrogens with one attached hydrogen (secondary N) is 1. The summed E-state index contributed by atoms with van der Waals surface area (Å²) in [7, 11) is 0. The number of halogens is 1. The molecule has 1 aliphatic rings. The van der Waals surface area contributed by atoms with Gasteiger partial charge in [0.1, 0.15) is 0 Å². The van der Waals surface area contributed by atoms with Crippen molar-refractivity contribution in [3.63, 3.8) is 0 Å². The van der Waals surface area contributed by atoms with Gasteiger partial charge in [0.15, 0.2) is 0 Å². The predicted octanol–water partition coefficient (Wildman–Crippen LogP) is 3.58. The normalized spacial score (nSPS) is 25.1. The lowest BCUT2D eigenvalue weighted by molar-refractivity contribution is 0.221. The van der Waals surface area contributed by atoms with Crippen LogP contribution >= 0.6 is 23.4 Å². The molecule has 0 aromatic heterocycles. The van der Waals surface area contributed by atoms with Crippen molar-refractivity contribution in [3.8, 4) is 0 Å². The van der Waals surface area contributed by atoms with Crippen molar-refractivity contribution in [2.24, 2.45) is 0 Å². The minimum atomic E-state index is 0.677. The molecule has 2 atom stereocenters. The van der Waals surface area contributed by atoms with E-state index in [1.807, 2.05) is 24.3 Å². The second-order valence-corrected chi connectivity index (χ2v) is 6.71. The van der Waals surface area contributed by atoms with Gasteiger partial charge in [-0.25, -0.2) is 0 Å². The van der Waals surface area contributed by atoms with Crippen LogP contribution in [0.2, 0.25) is 5.02 Å². The van der Waals surface area contributed by atoms with Crippen LogP contribution in [0.4, 0.5) is 5.69 Å². The van der Waals surface area contributed by atoms with Crippen LogP contribution < -0.4 is 5.32 Å². The fraction of sp³-hybridized carbons (Fsp3) is 0.571. The standard InChI is InChI=1S/C14H21ClN2S/c1-11-12(2)18-10-9-17(11)8-7-16-14-5-3-13(15)4-6-14/h3-6,11-12,16H,7-10H2,1-2H3. The van der Waals surface area contributed by atoms with E-state index in [2.05, 4.69) is 35.8 Å². The molecule has 1 N–H and O–H groups in total. The number of hydrogen-bond donors (Lipinski definition) is 1. The van der Waals surface area contributed by atoms with Crippen molar-refractivity contribution in [3.05, 3.63) is 29.3 Å². The van der Waals surface area contributed by atoms with Crippen LogP contribution in [0, 0.1) is 0 Å². The third-order valence-corrected chi connectivity index (χ3v) is 5.18. The number of anilines is 1. The topological polar surface area (TPSA) is 15.3 Å². The molecule has 2 unspecified atom stereocenters. The Morgan fingerprint density at radius 2 is 2.06 bits per heavy atom. The molecule has 0 bridgehead atoms. The first-order valence-electron chi connectivity index (χ1n) is 6.52. The van der Waals surface area contributed by atoms with Crippen molar-refractivity contribution >= 4 is 29.1 Å². The summed E-state index contributed by atoms with van der Waals surface area (Å²) >= 11 is 7.95. The lowest BCUT2D eigenvalue weighted by atomic mass is 10.2. The molecule has 100 valence electrons. The molecule has 0 amide bonds. The summed E-state index contributed by atoms with van der Waals surface area (Å²) in [6.45, 7) is 7.96. The van der Waals surface area contributed by atoms with Gasteiger partial charge in [-0.05, 0) is 31.2 Å². The number of benzene rings is 1. The molecular weight excluding hydrogens is 264 g/mol. The van der Waals surface area contributed by atoms with Crippen LogP contribution in [0.15, 0.2) is 24.3 Å². The van der Waals surface area contributed by atoms with Crippen LogP contribution in [0.5, 0.6) is 0 Å². The first-order valence-corrected chi connectivity index (χ1v) is 7.94. The lowest BCUT2D eigenvalue weighted by Crippen LogP contribution is -2.46. The second-order valence-electron chi connectivity index (χ2n) is 4.79. The van der Waals surface area contributed by atoms with Crippen LogP contribution in [0.1, 0.15) is 13.8 Å². The van der Waals surface area contributed by atoms with Gasteiger partial charge < -0.3 is 5.32 Å². The molecule has 1 aromatic rings. The Kier molecular flexibility index (Phi) is 5.22. The SMILES string of the molecule is CC1SCCN(CCNc2ccc(Cl)cc2)C1C. The molecule has 0 aliphatic carbocycles. The number of nitrogens with zero attached hydrogens (tertiary/aromatic N) is 1. The molecular formula is C14H21ClN2S. The van der Waals surface area contributed by atoms with E-state index in [-0.39, 0.29) is 0 Å². The molecule has 1 aromatic carbocycles.